The van der Waals surface area contributed by atoms with Gasteiger partial charge in [-0.2, -0.15) is 10.1 Å². The zero-order valence-corrected chi connectivity index (χ0v) is 13.9. The highest BCUT2D eigenvalue weighted by atomic mass is 16.5. The van der Waals surface area contributed by atoms with Gasteiger partial charge in [0, 0.05) is 5.69 Å². The van der Waals surface area contributed by atoms with Crippen LogP contribution in [0.25, 0.3) is 11.6 Å². The lowest BCUT2D eigenvalue weighted by Gasteiger charge is -2.39. The lowest BCUT2D eigenvalue weighted by molar-refractivity contribution is 0.272. The van der Waals surface area contributed by atoms with Crippen LogP contribution in [0.4, 0.5) is 0 Å². The summed E-state index contributed by atoms with van der Waals surface area (Å²) in [6.07, 6.45) is 4.07. The van der Waals surface area contributed by atoms with Crippen LogP contribution in [0.15, 0.2) is 34.9 Å². The minimum Gasteiger partial charge on any atom is -0.497 e. The molecule has 1 aliphatic rings. The Morgan fingerprint density at radius 3 is 2.83 bits per heavy atom. The molecule has 1 aromatic carbocycles. The monoisotopic (exact) mass is 324 g/mol. The van der Waals surface area contributed by atoms with Gasteiger partial charge in [0.25, 0.3) is 5.89 Å². The van der Waals surface area contributed by atoms with Crippen LogP contribution in [-0.4, -0.2) is 27.4 Å². The van der Waals surface area contributed by atoms with Crippen molar-refractivity contribution in [3.63, 3.8) is 0 Å². The van der Waals surface area contributed by atoms with Gasteiger partial charge in [0.1, 0.15) is 5.75 Å². The summed E-state index contributed by atoms with van der Waals surface area (Å²) in [6.45, 7) is 2.07. The zero-order valence-electron chi connectivity index (χ0n) is 13.9. The van der Waals surface area contributed by atoms with Crippen molar-refractivity contribution in [3.05, 3.63) is 47.4 Å². The molecule has 0 saturated heterocycles. The van der Waals surface area contributed by atoms with Crippen LogP contribution >= 0.6 is 0 Å². The number of hydrogen-bond acceptors (Lipinski definition) is 5. The van der Waals surface area contributed by atoms with Crippen molar-refractivity contribution in [2.45, 2.75) is 38.0 Å². The molecule has 1 aliphatic carbocycles. The number of nitrogens with one attached hydrogen (secondary N) is 1. The Balaban J connectivity index is 1.71. The van der Waals surface area contributed by atoms with Crippen LogP contribution in [-0.2, 0) is 11.8 Å². The number of rotatable bonds is 5. The Labute approximate surface area is 140 Å². The Morgan fingerprint density at radius 1 is 1.29 bits per heavy atom. The van der Waals surface area contributed by atoms with Crippen molar-refractivity contribution in [1.82, 2.24) is 20.3 Å². The van der Waals surface area contributed by atoms with Gasteiger partial charge in [-0.05, 0) is 43.0 Å². The third-order valence-electron chi connectivity index (χ3n) is 4.91. The van der Waals surface area contributed by atoms with E-state index in [1.54, 1.807) is 7.11 Å². The van der Waals surface area contributed by atoms with Crippen molar-refractivity contribution in [1.29, 1.82) is 0 Å². The van der Waals surface area contributed by atoms with Gasteiger partial charge in [-0.1, -0.05) is 30.6 Å². The van der Waals surface area contributed by atoms with Gasteiger partial charge < -0.3 is 9.26 Å². The van der Waals surface area contributed by atoms with Crippen molar-refractivity contribution in [3.8, 4) is 17.3 Å². The van der Waals surface area contributed by atoms with E-state index >= 15 is 0 Å². The Morgan fingerprint density at radius 2 is 2.17 bits per heavy atom. The minimum absolute atomic E-state index is 0.180. The molecule has 1 N–H and O–H groups in total. The third-order valence-corrected chi connectivity index (χ3v) is 4.91. The van der Waals surface area contributed by atoms with Crippen LogP contribution in [0, 0.1) is 0 Å². The molecule has 0 spiro atoms. The first-order valence-electron chi connectivity index (χ1n) is 8.28. The van der Waals surface area contributed by atoms with E-state index in [1.807, 2.05) is 18.2 Å². The van der Waals surface area contributed by atoms with E-state index < -0.39 is 0 Å². The molecule has 2 heterocycles. The summed E-state index contributed by atoms with van der Waals surface area (Å²) in [5, 5.41) is 11.5. The molecule has 1 saturated carbocycles. The minimum atomic E-state index is -0.180. The number of nitrogens with zero attached hydrogens (tertiary/aromatic N) is 3. The van der Waals surface area contributed by atoms with E-state index in [0.29, 0.717) is 11.6 Å². The molecule has 2 aromatic heterocycles. The SMILES string of the molecule is CCc1cc(-c2nc(C3(c4cccc(OC)c4)CCC3)no2)n[nH]1. The summed E-state index contributed by atoms with van der Waals surface area (Å²) >= 11 is 0. The summed E-state index contributed by atoms with van der Waals surface area (Å²) in [4.78, 5) is 4.65. The van der Waals surface area contributed by atoms with Gasteiger partial charge >= 0.3 is 0 Å². The summed E-state index contributed by atoms with van der Waals surface area (Å²) in [5.41, 5.74) is 2.75. The molecular formula is C18H20N4O2. The van der Waals surface area contributed by atoms with Gasteiger partial charge in [-0.25, -0.2) is 0 Å². The molecule has 4 rings (SSSR count). The molecule has 0 radical (unpaired) electrons. The van der Waals surface area contributed by atoms with E-state index in [4.69, 9.17) is 9.26 Å². The fourth-order valence-electron chi connectivity index (χ4n) is 3.27. The number of aryl methyl sites for hydroxylation is 1. The van der Waals surface area contributed by atoms with Crippen LogP contribution in [0.2, 0.25) is 0 Å². The first-order chi connectivity index (χ1) is 11.7. The summed E-state index contributed by atoms with van der Waals surface area (Å²) in [6, 6.07) is 10.1. The van der Waals surface area contributed by atoms with Crippen LogP contribution in [0.3, 0.4) is 0 Å². The topological polar surface area (TPSA) is 76.8 Å². The van der Waals surface area contributed by atoms with E-state index in [0.717, 1.165) is 43.0 Å². The van der Waals surface area contributed by atoms with Crippen LogP contribution in [0.1, 0.15) is 43.3 Å². The standard InChI is InChI=1S/C18H20N4O2/c1-3-13-11-15(21-20-13)16-19-17(22-24-16)18(8-5-9-18)12-6-4-7-14(10-12)23-2/h4,6-7,10-11H,3,5,8-9H2,1-2H3,(H,20,21). The lowest BCUT2D eigenvalue weighted by Crippen LogP contribution is -2.36. The summed E-state index contributed by atoms with van der Waals surface area (Å²) in [5.74, 6) is 2.05. The van der Waals surface area contributed by atoms with Crippen molar-refractivity contribution in [2.75, 3.05) is 7.11 Å². The predicted octanol–water partition coefficient (Wildman–Crippen LogP) is 3.50. The molecule has 3 aromatic rings. The average Bonchev–Trinajstić information content (AvgIpc) is 3.23. The summed E-state index contributed by atoms with van der Waals surface area (Å²) in [7, 11) is 1.68. The summed E-state index contributed by atoms with van der Waals surface area (Å²) < 4.78 is 10.9. The van der Waals surface area contributed by atoms with E-state index in [9.17, 15) is 0 Å². The molecular weight excluding hydrogens is 304 g/mol. The second-order valence-corrected chi connectivity index (χ2v) is 6.22. The zero-order chi connectivity index (χ0) is 16.6. The first-order valence-corrected chi connectivity index (χ1v) is 8.28. The molecule has 0 atom stereocenters. The van der Waals surface area contributed by atoms with Gasteiger partial charge in [0.15, 0.2) is 11.5 Å². The molecule has 0 amide bonds. The van der Waals surface area contributed by atoms with Gasteiger partial charge in [0.2, 0.25) is 0 Å². The second-order valence-electron chi connectivity index (χ2n) is 6.22. The Bertz CT molecular complexity index is 848. The van der Waals surface area contributed by atoms with Crippen molar-refractivity contribution in [2.24, 2.45) is 0 Å². The molecule has 0 unspecified atom stereocenters. The quantitative estimate of drug-likeness (QED) is 0.777. The number of benzene rings is 1. The highest BCUT2D eigenvalue weighted by Gasteiger charge is 2.44. The molecule has 6 nitrogen and oxygen atoms in total. The smallest absolute Gasteiger partial charge is 0.278 e. The Kier molecular flexibility index (Phi) is 3.59. The molecule has 0 aliphatic heterocycles. The molecule has 1 fully saturated rings. The number of H-pyrrole nitrogens is 1. The van der Waals surface area contributed by atoms with Gasteiger partial charge in [0.05, 0.1) is 12.5 Å². The van der Waals surface area contributed by atoms with Crippen molar-refractivity contribution < 1.29 is 9.26 Å². The lowest BCUT2D eigenvalue weighted by atomic mass is 9.64. The third kappa shape index (κ3) is 2.29. The largest absolute Gasteiger partial charge is 0.497 e. The number of ether oxygens (including phenoxy) is 1. The van der Waals surface area contributed by atoms with Gasteiger partial charge in [-0.15, -0.1) is 0 Å². The maximum atomic E-state index is 5.49. The van der Waals surface area contributed by atoms with E-state index in [2.05, 4.69) is 39.4 Å². The van der Waals surface area contributed by atoms with Crippen LogP contribution in [0.5, 0.6) is 5.75 Å². The maximum absolute atomic E-state index is 5.49. The van der Waals surface area contributed by atoms with E-state index in [-0.39, 0.29) is 5.41 Å². The highest BCUT2D eigenvalue weighted by Crippen LogP contribution is 2.48. The normalized spacial score (nSPS) is 15.9. The van der Waals surface area contributed by atoms with Crippen molar-refractivity contribution >= 4 is 0 Å². The number of aromatic amines is 1. The average molecular weight is 324 g/mol. The van der Waals surface area contributed by atoms with E-state index in [1.165, 1.54) is 5.56 Å². The number of methoxy groups -OCH3 is 1. The second kappa shape index (κ2) is 5.78. The fourth-order valence-corrected chi connectivity index (χ4v) is 3.27. The number of hydrogen-bond donors (Lipinski definition) is 1. The van der Waals surface area contributed by atoms with Gasteiger partial charge in [-0.3, -0.25) is 5.10 Å². The molecule has 6 heteroatoms. The molecule has 124 valence electrons. The Hall–Kier alpha value is -2.63. The first kappa shape index (κ1) is 14.9. The predicted molar refractivity (Wildman–Crippen MR) is 88.9 cm³/mol. The maximum Gasteiger partial charge on any atom is 0.278 e. The molecule has 24 heavy (non-hydrogen) atoms. The fraction of sp³-hybridized carbons (Fsp3) is 0.389. The van der Waals surface area contributed by atoms with Crippen LogP contribution < -0.4 is 4.74 Å². The number of aromatic nitrogens is 4. The highest BCUT2D eigenvalue weighted by molar-refractivity contribution is 5.48. The molecule has 0 bridgehead atoms.